The molecule has 2 amide bonds. The zero-order chi connectivity index (χ0) is 23.4. The number of nitrogens with zero attached hydrogens (tertiary/aromatic N) is 1. The fraction of sp³-hybridized carbons (Fsp3) is 0.448. The Hall–Kier alpha value is -3.10. The minimum absolute atomic E-state index is 0.0512. The van der Waals surface area contributed by atoms with Gasteiger partial charge in [0.2, 0.25) is 5.91 Å². The lowest BCUT2D eigenvalue weighted by Gasteiger charge is -2.38. The van der Waals surface area contributed by atoms with Gasteiger partial charge in [-0.05, 0) is 55.2 Å². The van der Waals surface area contributed by atoms with Gasteiger partial charge in [0.05, 0.1) is 0 Å². The standard InChI is InChI=1S/C29H32N2O3/c32-26(12-11-23-7-3-1-4-8-23)31-17-13-28(14-18-31)21-25(28)27(33)30-22-29(15-19-34-20-16-29)24-9-5-2-6-10-24/h1-10,25H,13-22H2,(H,30,33)/t25-/m0/s1. The Bertz CT molecular complexity index is 1070. The Morgan fingerprint density at radius 2 is 1.59 bits per heavy atom. The van der Waals surface area contributed by atoms with E-state index in [2.05, 4.69) is 41.4 Å². The third-order valence-electron chi connectivity index (χ3n) is 8.08. The van der Waals surface area contributed by atoms with Crippen LogP contribution in [0.15, 0.2) is 60.7 Å². The van der Waals surface area contributed by atoms with Crippen molar-refractivity contribution in [2.24, 2.45) is 11.3 Å². The van der Waals surface area contributed by atoms with Gasteiger partial charge in [0.15, 0.2) is 0 Å². The summed E-state index contributed by atoms with van der Waals surface area (Å²) in [5.41, 5.74) is 2.14. The summed E-state index contributed by atoms with van der Waals surface area (Å²) >= 11 is 0. The van der Waals surface area contributed by atoms with Gasteiger partial charge in [-0.15, -0.1) is 0 Å². The monoisotopic (exact) mass is 456 g/mol. The predicted octanol–water partition coefficient (Wildman–Crippen LogP) is 3.53. The van der Waals surface area contributed by atoms with Crippen LogP contribution in [0.3, 0.4) is 0 Å². The lowest BCUT2D eigenvalue weighted by Crippen LogP contribution is -2.45. The molecule has 3 fully saturated rings. The fourth-order valence-electron chi connectivity index (χ4n) is 5.65. The van der Waals surface area contributed by atoms with Crippen LogP contribution in [-0.4, -0.2) is 49.6 Å². The second kappa shape index (κ2) is 9.64. The second-order valence-corrected chi connectivity index (χ2v) is 10.0. The minimum atomic E-state index is -0.121. The number of likely N-dealkylation sites (tertiary alicyclic amines) is 1. The average Bonchev–Trinajstić information content (AvgIpc) is 3.61. The number of hydrogen-bond donors (Lipinski definition) is 1. The number of amides is 2. The molecule has 176 valence electrons. The van der Waals surface area contributed by atoms with Crippen LogP contribution in [0.5, 0.6) is 0 Å². The number of ether oxygens (including phenoxy) is 1. The quantitative estimate of drug-likeness (QED) is 0.716. The zero-order valence-electron chi connectivity index (χ0n) is 19.6. The van der Waals surface area contributed by atoms with E-state index in [-0.39, 0.29) is 28.6 Å². The Morgan fingerprint density at radius 1 is 0.941 bits per heavy atom. The van der Waals surface area contributed by atoms with Crippen LogP contribution in [0.4, 0.5) is 0 Å². The maximum Gasteiger partial charge on any atom is 0.298 e. The molecule has 0 radical (unpaired) electrons. The first-order valence-electron chi connectivity index (χ1n) is 12.4. The molecule has 2 aliphatic heterocycles. The molecule has 1 aliphatic carbocycles. The molecule has 3 aliphatic rings. The largest absolute Gasteiger partial charge is 0.381 e. The molecule has 1 N–H and O–H groups in total. The molecule has 0 aromatic heterocycles. The third kappa shape index (κ3) is 4.74. The van der Waals surface area contributed by atoms with Crippen molar-refractivity contribution >= 4 is 11.8 Å². The maximum absolute atomic E-state index is 13.1. The van der Waals surface area contributed by atoms with Crippen LogP contribution in [0.25, 0.3) is 0 Å². The van der Waals surface area contributed by atoms with Gasteiger partial charge >= 0.3 is 0 Å². The molecule has 2 aromatic rings. The van der Waals surface area contributed by atoms with E-state index in [1.165, 1.54) is 5.56 Å². The molecule has 5 heteroatoms. The first-order chi connectivity index (χ1) is 16.6. The topological polar surface area (TPSA) is 58.6 Å². The van der Waals surface area contributed by atoms with Crippen LogP contribution in [-0.2, 0) is 19.7 Å². The molecule has 2 aromatic carbocycles. The number of benzene rings is 2. The van der Waals surface area contributed by atoms with Gasteiger partial charge in [-0.3, -0.25) is 9.59 Å². The molecule has 0 bridgehead atoms. The molecule has 2 heterocycles. The molecular weight excluding hydrogens is 424 g/mol. The van der Waals surface area contributed by atoms with E-state index in [0.717, 1.165) is 50.9 Å². The zero-order valence-corrected chi connectivity index (χ0v) is 19.6. The summed E-state index contributed by atoms with van der Waals surface area (Å²) in [6, 6.07) is 20.1. The second-order valence-electron chi connectivity index (χ2n) is 10.0. The van der Waals surface area contributed by atoms with E-state index in [4.69, 9.17) is 4.74 Å². The van der Waals surface area contributed by atoms with Gasteiger partial charge in [-0.25, -0.2) is 0 Å². The van der Waals surface area contributed by atoms with Crippen molar-refractivity contribution in [3.05, 3.63) is 71.8 Å². The molecule has 0 unspecified atom stereocenters. The first kappa shape index (κ1) is 22.7. The summed E-state index contributed by atoms with van der Waals surface area (Å²) in [6.45, 7) is 3.48. The minimum Gasteiger partial charge on any atom is -0.381 e. The number of piperidine rings is 1. The highest BCUT2D eigenvalue weighted by atomic mass is 16.5. The normalized spacial score (nSPS) is 22.4. The van der Waals surface area contributed by atoms with Gasteiger partial charge in [0, 0.05) is 55.7 Å². The highest BCUT2D eigenvalue weighted by molar-refractivity contribution is 5.94. The van der Waals surface area contributed by atoms with Crippen molar-refractivity contribution < 1.29 is 14.3 Å². The van der Waals surface area contributed by atoms with Gasteiger partial charge in [0.1, 0.15) is 0 Å². The van der Waals surface area contributed by atoms with Crippen molar-refractivity contribution in [3.63, 3.8) is 0 Å². The summed E-state index contributed by atoms with van der Waals surface area (Å²) in [4.78, 5) is 27.5. The predicted molar refractivity (Wildman–Crippen MR) is 131 cm³/mol. The van der Waals surface area contributed by atoms with E-state index in [1.807, 2.05) is 41.3 Å². The van der Waals surface area contributed by atoms with Crippen molar-refractivity contribution in [1.29, 1.82) is 0 Å². The maximum atomic E-state index is 13.1. The van der Waals surface area contributed by atoms with Crippen molar-refractivity contribution in [2.75, 3.05) is 32.8 Å². The molecule has 5 nitrogen and oxygen atoms in total. The fourth-order valence-corrected chi connectivity index (χ4v) is 5.65. The van der Waals surface area contributed by atoms with Gasteiger partial charge in [0.25, 0.3) is 5.91 Å². The van der Waals surface area contributed by atoms with Crippen LogP contribution >= 0.6 is 0 Å². The van der Waals surface area contributed by atoms with E-state index < -0.39 is 0 Å². The molecular formula is C29H32N2O3. The summed E-state index contributed by atoms with van der Waals surface area (Å²) in [6.07, 6.45) is 4.53. The van der Waals surface area contributed by atoms with Crippen LogP contribution in [0.2, 0.25) is 0 Å². The third-order valence-corrected chi connectivity index (χ3v) is 8.08. The lowest BCUT2D eigenvalue weighted by atomic mass is 9.74. The SMILES string of the molecule is O=C(NCC1(c2ccccc2)CCOCC1)[C@@H]1CC12CCN(C(=O)C#Cc1ccccc1)CC2. The van der Waals surface area contributed by atoms with Gasteiger partial charge in [-0.2, -0.15) is 0 Å². The van der Waals surface area contributed by atoms with Crippen molar-refractivity contribution in [1.82, 2.24) is 10.2 Å². The van der Waals surface area contributed by atoms with Gasteiger partial charge < -0.3 is 15.0 Å². The summed E-state index contributed by atoms with van der Waals surface area (Å²) in [7, 11) is 0. The number of carbonyl (C=O) groups is 2. The van der Waals surface area contributed by atoms with E-state index in [1.54, 1.807) is 0 Å². The van der Waals surface area contributed by atoms with E-state index in [0.29, 0.717) is 19.6 Å². The smallest absolute Gasteiger partial charge is 0.298 e. The van der Waals surface area contributed by atoms with Crippen molar-refractivity contribution in [2.45, 2.75) is 37.5 Å². The summed E-state index contributed by atoms with van der Waals surface area (Å²) < 4.78 is 5.62. The van der Waals surface area contributed by atoms with Crippen molar-refractivity contribution in [3.8, 4) is 11.8 Å². The molecule has 1 saturated carbocycles. The van der Waals surface area contributed by atoms with Crippen LogP contribution in [0.1, 0.15) is 43.2 Å². The number of carbonyl (C=O) groups excluding carboxylic acids is 2. The Labute approximate surface area is 201 Å². The van der Waals surface area contributed by atoms with Crippen LogP contribution in [0, 0.1) is 23.2 Å². The first-order valence-corrected chi connectivity index (χ1v) is 12.4. The Morgan fingerprint density at radius 3 is 2.26 bits per heavy atom. The Kier molecular flexibility index (Phi) is 6.43. The van der Waals surface area contributed by atoms with Crippen LogP contribution < -0.4 is 5.32 Å². The van der Waals surface area contributed by atoms with Gasteiger partial charge in [-0.1, -0.05) is 54.5 Å². The average molecular weight is 457 g/mol. The highest BCUT2D eigenvalue weighted by Gasteiger charge is 2.58. The highest BCUT2D eigenvalue weighted by Crippen LogP contribution is 2.59. The lowest BCUT2D eigenvalue weighted by molar-refractivity contribution is -0.127. The molecule has 1 spiro atoms. The molecule has 2 saturated heterocycles. The molecule has 5 rings (SSSR count). The number of nitrogens with one attached hydrogen (secondary N) is 1. The number of hydrogen-bond acceptors (Lipinski definition) is 3. The Balaban J connectivity index is 1.14. The number of rotatable bonds is 4. The van der Waals surface area contributed by atoms with E-state index in [9.17, 15) is 9.59 Å². The van der Waals surface area contributed by atoms with E-state index >= 15 is 0 Å². The summed E-state index contributed by atoms with van der Waals surface area (Å²) in [5, 5.41) is 3.30. The summed E-state index contributed by atoms with van der Waals surface area (Å²) in [5.74, 6) is 5.84. The molecule has 34 heavy (non-hydrogen) atoms. The molecule has 1 atom stereocenters.